The van der Waals surface area contributed by atoms with Gasteiger partial charge in [-0.3, -0.25) is 30.6 Å². The van der Waals surface area contributed by atoms with Crippen molar-refractivity contribution >= 4 is 63.9 Å². The minimum atomic E-state index is -0.478. The molecule has 2 aromatic carbocycles. The molecule has 0 atom stereocenters. The van der Waals surface area contributed by atoms with Crippen molar-refractivity contribution in [2.45, 2.75) is 19.8 Å². The molecular weight excluding hydrogens is 435 g/mol. The molecular formula is C19H18Cl2N4O3S. The quantitative estimate of drug-likeness (QED) is 0.411. The average Bonchev–Trinajstić information content (AvgIpc) is 2.67. The molecule has 0 radical (unpaired) electrons. The Morgan fingerprint density at radius 3 is 2.24 bits per heavy atom. The summed E-state index contributed by atoms with van der Waals surface area (Å²) in [4.78, 5) is 35.8. The molecule has 0 aliphatic carbocycles. The third-order valence-corrected chi connectivity index (χ3v) is 4.39. The molecule has 29 heavy (non-hydrogen) atoms. The lowest BCUT2D eigenvalue weighted by Crippen LogP contribution is -2.48. The first-order valence-electron chi connectivity index (χ1n) is 8.46. The summed E-state index contributed by atoms with van der Waals surface area (Å²) < 4.78 is 0. The van der Waals surface area contributed by atoms with Gasteiger partial charge in [-0.1, -0.05) is 40.9 Å². The van der Waals surface area contributed by atoms with Gasteiger partial charge < -0.3 is 5.32 Å². The second-order valence-electron chi connectivity index (χ2n) is 5.99. The molecule has 10 heteroatoms. The lowest BCUT2D eigenvalue weighted by atomic mass is 10.1. The molecule has 0 saturated heterocycles. The van der Waals surface area contributed by atoms with Crippen molar-refractivity contribution in [3.05, 3.63) is 63.6 Å². The molecule has 0 spiro atoms. The smallest absolute Gasteiger partial charge is 0.257 e. The van der Waals surface area contributed by atoms with E-state index >= 15 is 0 Å². The third kappa shape index (κ3) is 7.69. The number of hydrazine groups is 1. The van der Waals surface area contributed by atoms with Crippen molar-refractivity contribution < 1.29 is 14.4 Å². The van der Waals surface area contributed by atoms with Gasteiger partial charge in [0.25, 0.3) is 5.91 Å². The van der Waals surface area contributed by atoms with Crippen molar-refractivity contribution in [1.29, 1.82) is 0 Å². The summed E-state index contributed by atoms with van der Waals surface area (Å²) in [6, 6.07) is 11.6. The Morgan fingerprint density at radius 1 is 0.931 bits per heavy atom. The molecule has 7 nitrogen and oxygen atoms in total. The molecule has 2 rings (SSSR count). The first-order chi connectivity index (χ1) is 13.7. The van der Waals surface area contributed by atoms with Crippen molar-refractivity contribution in [3.8, 4) is 0 Å². The first kappa shape index (κ1) is 22.6. The number of carbonyl (C=O) groups excluding carboxylic acids is 3. The summed E-state index contributed by atoms with van der Waals surface area (Å²) in [6.45, 7) is 1.91. The highest BCUT2D eigenvalue weighted by atomic mass is 35.5. The standard InChI is InChI=1S/C19H18Cl2N4O3S/c1-11-2-4-12(5-3-11)18(28)23-19(29)25-24-17(27)9-8-16(26)22-15-7-6-13(20)10-14(15)21/h2-7,10H,8-9H2,1H3,(H,22,26)(H,24,27)(H2,23,25,28,29). The lowest BCUT2D eigenvalue weighted by molar-refractivity contribution is -0.124. The van der Waals surface area contributed by atoms with Crippen LogP contribution in [0.15, 0.2) is 42.5 Å². The Hall–Kier alpha value is -2.68. The average molecular weight is 453 g/mol. The van der Waals surface area contributed by atoms with E-state index in [-0.39, 0.29) is 23.9 Å². The zero-order valence-corrected chi connectivity index (χ0v) is 17.7. The number of carbonyl (C=O) groups is 3. The van der Waals surface area contributed by atoms with Crippen LogP contribution in [-0.4, -0.2) is 22.8 Å². The third-order valence-electron chi connectivity index (χ3n) is 3.64. The first-order valence-corrected chi connectivity index (χ1v) is 9.63. The van der Waals surface area contributed by atoms with Gasteiger partial charge in [-0.25, -0.2) is 0 Å². The predicted octanol–water partition coefficient (Wildman–Crippen LogP) is 3.36. The van der Waals surface area contributed by atoms with Crippen LogP contribution in [-0.2, 0) is 9.59 Å². The molecule has 0 aliphatic heterocycles. The van der Waals surface area contributed by atoms with Gasteiger partial charge in [-0.05, 0) is 49.5 Å². The van der Waals surface area contributed by atoms with E-state index in [1.54, 1.807) is 36.4 Å². The van der Waals surface area contributed by atoms with Gasteiger partial charge in [-0.2, -0.15) is 0 Å². The summed E-state index contributed by atoms with van der Waals surface area (Å²) >= 11 is 16.7. The Kier molecular flexibility index (Phi) is 8.38. The predicted molar refractivity (Wildman–Crippen MR) is 117 cm³/mol. The Labute approximate surface area is 183 Å². The number of anilines is 1. The molecule has 0 unspecified atom stereocenters. The molecule has 0 aromatic heterocycles. The Bertz CT molecular complexity index is 936. The highest BCUT2D eigenvalue weighted by Crippen LogP contribution is 2.25. The number of nitrogens with one attached hydrogen (secondary N) is 4. The number of hydrogen-bond acceptors (Lipinski definition) is 4. The number of aryl methyl sites for hydroxylation is 1. The molecule has 0 heterocycles. The monoisotopic (exact) mass is 452 g/mol. The number of amides is 3. The topological polar surface area (TPSA) is 99.3 Å². The van der Waals surface area contributed by atoms with Crippen LogP contribution >= 0.6 is 35.4 Å². The Balaban J connectivity index is 1.70. The molecule has 0 bridgehead atoms. The van der Waals surface area contributed by atoms with E-state index in [1.807, 2.05) is 6.92 Å². The van der Waals surface area contributed by atoms with Crippen molar-refractivity contribution in [3.63, 3.8) is 0 Å². The van der Waals surface area contributed by atoms with Gasteiger partial charge in [0, 0.05) is 23.4 Å². The van der Waals surface area contributed by atoms with Gasteiger partial charge in [-0.15, -0.1) is 0 Å². The number of halogens is 2. The van der Waals surface area contributed by atoms with E-state index in [0.29, 0.717) is 21.3 Å². The SMILES string of the molecule is Cc1ccc(C(=O)NC(=S)NNC(=O)CCC(=O)Nc2ccc(Cl)cc2Cl)cc1. The molecule has 152 valence electrons. The molecule has 0 aliphatic rings. The highest BCUT2D eigenvalue weighted by Gasteiger charge is 2.11. The molecule has 3 amide bonds. The van der Waals surface area contributed by atoms with Crippen LogP contribution in [0.1, 0.15) is 28.8 Å². The van der Waals surface area contributed by atoms with Gasteiger partial charge in [0.2, 0.25) is 11.8 Å². The summed E-state index contributed by atoms with van der Waals surface area (Å²) in [5, 5.41) is 5.71. The largest absolute Gasteiger partial charge is 0.325 e. The van der Waals surface area contributed by atoms with Gasteiger partial charge in [0.15, 0.2) is 5.11 Å². The van der Waals surface area contributed by atoms with Crippen molar-refractivity contribution in [2.75, 3.05) is 5.32 Å². The van der Waals surface area contributed by atoms with Crippen LogP contribution in [0.3, 0.4) is 0 Å². The van der Waals surface area contributed by atoms with Gasteiger partial charge in [0.1, 0.15) is 0 Å². The maximum atomic E-state index is 12.0. The van der Waals surface area contributed by atoms with Crippen LogP contribution in [0.2, 0.25) is 10.0 Å². The highest BCUT2D eigenvalue weighted by molar-refractivity contribution is 7.80. The second-order valence-corrected chi connectivity index (χ2v) is 7.25. The summed E-state index contributed by atoms with van der Waals surface area (Å²) in [5.41, 5.74) is 6.59. The van der Waals surface area contributed by atoms with E-state index in [2.05, 4.69) is 21.5 Å². The summed E-state index contributed by atoms with van der Waals surface area (Å²) in [5.74, 6) is -1.27. The van der Waals surface area contributed by atoms with E-state index in [0.717, 1.165) is 5.56 Å². The van der Waals surface area contributed by atoms with E-state index in [9.17, 15) is 14.4 Å². The number of hydrogen-bond donors (Lipinski definition) is 4. The van der Waals surface area contributed by atoms with Crippen LogP contribution in [0, 0.1) is 6.92 Å². The van der Waals surface area contributed by atoms with Crippen LogP contribution in [0.25, 0.3) is 0 Å². The summed E-state index contributed by atoms with van der Waals surface area (Å²) in [7, 11) is 0. The number of thiocarbonyl (C=S) groups is 1. The zero-order chi connectivity index (χ0) is 21.4. The maximum absolute atomic E-state index is 12.0. The van der Waals surface area contributed by atoms with Crippen molar-refractivity contribution in [2.24, 2.45) is 0 Å². The van der Waals surface area contributed by atoms with Crippen LogP contribution in [0.4, 0.5) is 5.69 Å². The second kappa shape index (κ2) is 10.8. The van der Waals surface area contributed by atoms with E-state index in [4.69, 9.17) is 35.4 Å². The fraction of sp³-hybridized carbons (Fsp3) is 0.158. The fourth-order valence-corrected chi connectivity index (χ4v) is 2.73. The minimum absolute atomic E-state index is 0.0682. The fourth-order valence-electron chi connectivity index (χ4n) is 2.13. The Morgan fingerprint density at radius 2 is 1.59 bits per heavy atom. The molecule has 4 N–H and O–H groups in total. The van der Waals surface area contributed by atoms with Gasteiger partial charge in [0.05, 0.1) is 10.7 Å². The zero-order valence-electron chi connectivity index (χ0n) is 15.3. The van der Waals surface area contributed by atoms with E-state index in [1.165, 1.54) is 6.07 Å². The number of rotatable bonds is 5. The number of benzene rings is 2. The summed E-state index contributed by atoms with van der Waals surface area (Å²) in [6.07, 6.45) is -0.173. The normalized spacial score (nSPS) is 10.0. The van der Waals surface area contributed by atoms with Crippen LogP contribution in [0.5, 0.6) is 0 Å². The van der Waals surface area contributed by atoms with Crippen LogP contribution < -0.4 is 21.5 Å². The van der Waals surface area contributed by atoms with E-state index < -0.39 is 11.8 Å². The maximum Gasteiger partial charge on any atom is 0.257 e. The minimum Gasteiger partial charge on any atom is -0.325 e. The lowest BCUT2D eigenvalue weighted by Gasteiger charge is -2.11. The molecule has 0 fully saturated rings. The van der Waals surface area contributed by atoms with Gasteiger partial charge >= 0.3 is 0 Å². The van der Waals surface area contributed by atoms with Crippen molar-refractivity contribution in [1.82, 2.24) is 16.2 Å². The molecule has 2 aromatic rings. The molecule has 0 saturated carbocycles.